The predicted molar refractivity (Wildman–Crippen MR) is 135 cm³/mol. The van der Waals surface area contributed by atoms with Crippen LogP contribution in [0.2, 0.25) is 0 Å². The van der Waals surface area contributed by atoms with Crippen LogP contribution in [0.15, 0.2) is 72.3 Å². The molecule has 0 fully saturated rings. The largest absolute Gasteiger partial charge is 0.508 e. The Hall–Kier alpha value is -3.17. The molecule has 0 aromatic heterocycles. The highest BCUT2D eigenvalue weighted by molar-refractivity contribution is 14.1. The Balaban J connectivity index is 1.73. The van der Waals surface area contributed by atoms with Crippen molar-refractivity contribution in [2.24, 2.45) is 0 Å². The molecule has 0 saturated carbocycles. The third-order valence-corrected chi connectivity index (χ3v) is 7.68. The lowest BCUT2D eigenvalue weighted by molar-refractivity contribution is -0.100. The van der Waals surface area contributed by atoms with E-state index in [4.69, 9.17) is 0 Å². The Morgan fingerprint density at radius 1 is 1.00 bits per heavy atom. The second kappa shape index (κ2) is 7.41. The molecule has 3 aliphatic rings. The highest BCUT2D eigenvalue weighted by Gasteiger charge is 2.58. The number of nitrogens with zero attached hydrogens (tertiary/aromatic N) is 1. The molecule has 6 rings (SSSR count). The van der Waals surface area contributed by atoms with Crippen LogP contribution < -0.4 is 5.32 Å². The molecule has 34 heavy (non-hydrogen) atoms. The van der Waals surface area contributed by atoms with E-state index in [1.165, 1.54) is 4.90 Å². The van der Waals surface area contributed by atoms with Crippen molar-refractivity contribution in [1.82, 2.24) is 10.2 Å². The van der Waals surface area contributed by atoms with E-state index in [-0.39, 0.29) is 30.0 Å². The third-order valence-electron chi connectivity index (χ3n) is 7.00. The lowest BCUT2D eigenvalue weighted by atomic mass is 9.76. The van der Waals surface area contributed by atoms with Crippen LogP contribution in [0.5, 0.6) is 5.75 Å². The van der Waals surface area contributed by atoms with Gasteiger partial charge in [-0.25, -0.2) is 0 Å². The molecule has 6 nitrogen and oxygen atoms in total. The Morgan fingerprint density at radius 2 is 1.68 bits per heavy atom. The Morgan fingerprint density at radius 3 is 2.44 bits per heavy atom. The summed E-state index contributed by atoms with van der Waals surface area (Å²) in [5.74, 6) is -1.57. The van der Waals surface area contributed by atoms with Gasteiger partial charge in [-0.1, -0.05) is 42.5 Å². The number of Topliss-reactive ketones (excluding diaryl/α,β-unsaturated/α-hetero) is 1. The molecule has 7 heteroatoms. The molecular weight excluding hydrogens is 543 g/mol. The standard InChI is InChI=1S/C27H21IN2O4/c1-14-13-30-26(33)18-8-4-5-9-20(18)27(30,34)23(19-12-15(28)10-11-21(19)31)22-24(29-14)16-6-2-3-7-17(16)25(22)32/h2-12,14,23,29,31,34H,13H2,1H3. The van der Waals surface area contributed by atoms with E-state index in [0.29, 0.717) is 33.5 Å². The molecule has 2 heterocycles. The van der Waals surface area contributed by atoms with E-state index in [2.05, 4.69) is 27.9 Å². The minimum Gasteiger partial charge on any atom is -0.508 e. The molecule has 3 unspecified atom stereocenters. The van der Waals surface area contributed by atoms with E-state index in [9.17, 15) is 19.8 Å². The predicted octanol–water partition coefficient (Wildman–Crippen LogP) is 3.98. The molecule has 2 aliphatic heterocycles. The van der Waals surface area contributed by atoms with Crippen LogP contribution in [-0.4, -0.2) is 39.4 Å². The zero-order valence-electron chi connectivity index (χ0n) is 18.2. The molecular formula is C27H21IN2O4. The Bertz CT molecular complexity index is 1430. The lowest BCUT2D eigenvalue weighted by Crippen LogP contribution is -2.54. The van der Waals surface area contributed by atoms with Crippen LogP contribution in [0.25, 0.3) is 5.70 Å². The van der Waals surface area contributed by atoms with Gasteiger partial charge in [0.25, 0.3) is 5.91 Å². The van der Waals surface area contributed by atoms with Crippen LogP contribution in [0.3, 0.4) is 0 Å². The first-order valence-corrected chi connectivity index (χ1v) is 12.2. The summed E-state index contributed by atoms with van der Waals surface area (Å²) in [7, 11) is 0. The van der Waals surface area contributed by atoms with E-state index >= 15 is 0 Å². The molecule has 0 spiro atoms. The summed E-state index contributed by atoms with van der Waals surface area (Å²) in [4.78, 5) is 28.9. The zero-order valence-corrected chi connectivity index (χ0v) is 20.4. The third kappa shape index (κ3) is 2.77. The maximum Gasteiger partial charge on any atom is 0.256 e. The molecule has 0 radical (unpaired) electrons. The van der Waals surface area contributed by atoms with Gasteiger partial charge in [-0.05, 0) is 53.8 Å². The van der Waals surface area contributed by atoms with Crippen molar-refractivity contribution in [1.29, 1.82) is 0 Å². The SMILES string of the molecule is CC1CN2C(=O)c3ccccc3C2(O)C(c2cc(I)ccc2O)C2=C(N1)c1ccccc1C2=O. The molecule has 0 saturated heterocycles. The van der Waals surface area contributed by atoms with Gasteiger partial charge in [0, 0.05) is 49.5 Å². The van der Waals surface area contributed by atoms with Gasteiger partial charge < -0.3 is 20.4 Å². The molecule has 3 aromatic carbocycles. The van der Waals surface area contributed by atoms with Crippen molar-refractivity contribution in [2.45, 2.75) is 24.6 Å². The van der Waals surface area contributed by atoms with Gasteiger partial charge >= 0.3 is 0 Å². The van der Waals surface area contributed by atoms with Gasteiger partial charge in [-0.2, -0.15) is 0 Å². The number of nitrogens with one attached hydrogen (secondary N) is 1. The number of hydrogen-bond donors (Lipinski definition) is 3. The number of carbonyl (C=O) groups excluding carboxylic acids is 2. The van der Waals surface area contributed by atoms with Gasteiger partial charge in [0.2, 0.25) is 0 Å². The van der Waals surface area contributed by atoms with Crippen LogP contribution in [-0.2, 0) is 5.72 Å². The zero-order chi connectivity index (χ0) is 23.8. The first kappa shape index (κ1) is 21.4. The number of benzene rings is 3. The summed E-state index contributed by atoms with van der Waals surface area (Å²) < 4.78 is 0.839. The molecule has 3 atom stereocenters. The number of fused-ring (bicyclic) bond motifs is 5. The fourth-order valence-electron chi connectivity index (χ4n) is 5.60. The van der Waals surface area contributed by atoms with Crippen LogP contribution in [0.4, 0.5) is 0 Å². The lowest BCUT2D eigenvalue weighted by Gasteiger charge is -2.44. The van der Waals surface area contributed by atoms with Gasteiger partial charge in [-0.3, -0.25) is 9.59 Å². The fraction of sp³-hybridized carbons (Fsp3) is 0.185. The van der Waals surface area contributed by atoms with Crippen molar-refractivity contribution in [3.63, 3.8) is 0 Å². The second-order valence-electron chi connectivity index (χ2n) is 9.03. The Labute approximate surface area is 210 Å². The molecule has 170 valence electrons. The van der Waals surface area contributed by atoms with Crippen molar-refractivity contribution >= 4 is 40.0 Å². The number of halogens is 1. The summed E-state index contributed by atoms with van der Waals surface area (Å²) in [6.07, 6.45) is 0. The number of phenols is 1. The van der Waals surface area contributed by atoms with Crippen LogP contribution in [0, 0.1) is 3.57 Å². The summed E-state index contributed by atoms with van der Waals surface area (Å²) in [6, 6.07) is 19.2. The summed E-state index contributed by atoms with van der Waals surface area (Å²) in [6.45, 7) is 2.15. The number of aliphatic hydroxyl groups is 1. The van der Waals surface area contributed by atoms with E-state index < -0.39 is 11.6 Å². The summed E-state index contributed by atoms with van der Waals surface area (Å²) in [5.41, 5.74) is 1.67. The van der Waals surface area contributed by atoms with Gasteiger partial charge in [0.15, 0.2) is 11.5 Å². The summed E-state index contributed by atoms with van der Waals surface area (Å²) in [5, 5.41) is 27.1. The van der Waals surface area contributed by atoms with Crippen molar-refractivity contribution in [2.75, 3.05) is 6.54 Å². The smallest absolute Gasteiger partial charge is 0.256 e. The van der Waals surface area contributed by atoms with E-state index in [1.807, 2.05) is 25.1 Å². The van der Waals surface area contributed by atoms with Gasteiger partial charge in [0.05, 0.1) is 11.6 Å². The maximum absolute atomic E-state index is 13.9. The Kier molecular flexibility index (Phi) is 4.66. The topological polar surface area (TPSA) is 89.9 Å². The number of ketones is 1. The summed E-state index contributed by atoms with van der Waals surface area (Å²) >= 11 is 2.14. The highest BCUT2D eigenvalue weighted by Crippen LogP contribution is 2.55. The minimum absolute atomic E-state index is 0.0418. The number of rotatable bonds is 1. The second-order valence-corrected chi connectivity index (χ2v) is 10.3. The average Bonchev–Trinajstić information content (AvgIpc) is 3.20. The molecule has 0 bridgehead atoms. The fourth-order valence-corrected chi connectivity index (χ4v) is 6.11. The molecule has 1 aliphatic carbocycles. The molecule has 1 amide bonds. The normalized spacial score (nSPS) is 25.2. The van der Waals surface area contributed by atoms with Crippen molar-refractivity contribution < 1.29 is 19.8 Å². The molecule has 3 aromatic rings. The number of hydrogen-bond acceptors (Lipinski definition) is 5. The van der Waals surface area contributed by atoms with Crippen LogP contribution >= 0.6 is 22.6 Å². The quantitative estimate of drug-likeness (QED) is 0.390. The van der Waals surface area contributed by atoms with Crippen molar-refractivity contribution in [3.8, 4) is 5.75 Å². The van der Waals surface area contributed by atoms with Crippen molar-refractivity contribution in [3.05, 3.63) is 104 Å². The minimum atomic E-state index is -1.86. The van der Waals surface area contributed by atoms with Gasteiger partial charge in [0.1, 0.15) is 5.75 Å². The maximum atomic E-state index is 13.9. The average molecular weight is 564 g/mol. The number of amides is 1. The van der Waals surface area contributed by atoms with Crippen LogP contribution in [0.1, 0.15) is 50.2 Å². The first-order valence-electron chi connectivity index (χ1n) is 11.1. The van der Waals surface area contributed by atoms with E-state index in [1.54, 1.807) is 48.5 Å². The van der Waals surface area contributed by atoms with Gasteiger partial charge in [-0.15, -0.1) is 0 Å². The number of phenolic OH excluding ortho intramolecular Hbond substituents is 1. The highest BCUT2D eigenvalue weighted by atomic mass is 127. The molecule has 3 N–H and O–H groups in total. The monoisotopic (exact) mass is 564 g/mol. The number of aromatic hydroxyl groups is 1. The first-order chi connectivity index (χ1) is 16.3. The number of carbonyl (C=O) groups is 2. The van der Waals surface area contributed by atoms with E-state index in [0.717, 1.165) is 9.13 Å².